The van der Waals surface area contributed by atoms with E-state index in [1.165, 1.54) is 17.0 Å². The standard InChI is InChI=1S/C25H25ClN4O5S/c1-30(18-12-14-19(35-2)15-13-18)23(31)25(16-20(25)17-8-4-3-5-9-17)27-24(32)29-36(33,34)28-22-11-7-6-10-21(22)26/h3-15,20,28H,16H2,1-2H3,(H2,27,29,32). The molecule has 0 spiro atoms. The van der Waals surface area contributed by atoms with E-state index in [2.05, 4.69) is 10.0 Å². The molecule has 0 saturated heterocycles. The number of rotatable bonds is 8. The molecule has 9 nitrogen and oxygen atoms in total. The number of carbonyl (C=O) groups excluding carboxylic acids is 2. The highest BCUT2D eigenvalue weighted by Crippen LogP contribution is 2.52. The van der Waals surface area contributed by atoms with Gasteiger partial charge in [0.1, 0.15) is 11.3 Å². The van der Waals surface area contributed by atoms with E-state index in [0.29, 0.717) is 17.9 Å². The lowest BCUT2D eigenvalue weighted by Gasteiger charge is -2.26. The van der Waals surface area contributed by atoms with Gasteiger partial charge in [0.25, 0.3) is 5.91 Å². The lowest BCUT2D eigenvalue weighted by Crippen LogP contribution is -2.55. The van der Waals surface area contributed by atoms with Gasteiger partial charge in [0.15, 0.2) is 0 Å². The van der Waals surface area contributed by atoms with Gasteiger partial charge in [0.05, 0.1) is 17.8 Å². The van der Waals surface area contributed by atoms with Crippen LogP contribution in [0, 0.1) is 0 Å². The van der Waals surface area contributed by atoms with E-state index >= 15 is 0 Å². The molecule has 1 fully saturated rings. The van der Waals surface area contributed by atoms with Crippen molar-refractivity contribution in [2.24, 2.45) is 0 Å². The molecule has 1 saturated carbocycles. The van der Waals surface area contributed by atoms with Gasteiger partial charge < -0.3 is 15.0 Å². The summed E-state index contributed by atoms with van der Waals surface area (Å²) in [7, 11) is -1.18. The third-order valence-corrected chi connectivity index (χ3v) is 7.26. The topological polar surface area (TPSA) is 117 Å². The monoisotopic (exact) mass is 528 g/mol. The van der Waals surface area contributed by atoms with Gasteiger partial charge in [-0.2, -0.15) is 8.42 Å². The Balaban J connectivity index is 1.55. The van der Waals surface area contributed by atoms with E-state index in [4.69, 9.17) is 16.3 Å². The number of hydrogen-bond acceptors (Lipinski definition) is 5. The Hall–Kier alpha value is -3.76. The van der Waals surface area contributed by atoms with Gasteiger partial charge in [0.2, 0.25) is 0 Å². The second kappa shape index (κ2) is 10.1. The molecule has 1 aliphatic rings. The van der Waals surface area contributed by atoms with Crippen molar-refractivity contribution in [1.29, 1.82) is 0 Å². The third-order valence-electron chi connectivity index (χ3n) is 5.99. The average Bonchev–Trinajstić information content (AvgIpc) is 3.59. The largest absolute Gasteiger partial charge is 0.497 e. The number of urea groups is 1. The van der Waals surface area contributed by atoms with Crippen molar-refractivity contribution in [2.45, 2.75) is 17.9 Å². The Kier molecular flexibility index (Phi) is 7.09. The van der Waals surface area contributed by atoms with E-state index in [9.17, 15) is 18.0 Å². The highest BCUT2D eigenvalue weighted by molar-refractivity contribution is 7.91. The molecule has 36 heavy (non-hydrogen) atoms. The molecule has 3 N–H and O–H groups in total. The minimum atomic E-state index is -4.32. The quantitative estimate of drug-likeness (QED) is 0.410. The molecular formula is C25H25ClN4O5S. The third kappa shape index (κ3) is 5.39. The summed E-state index contributed by atoms with van der Waals surface area (Å²) in [6.07, 6.45) is 0.307. The van der Waals surface area contributed by atoms with Gasteiger partial charge in [-0.05, 0) is 48.4 Å². The number of benzene rings is 3. The van der Waals surface area contributed by atoms with Crippen LogP contribution in [-0.4, -0.2) is 40.1 Å². The zero-order chi connectivity index (χ0) is 25.9. The number of anilines is 2. The van der Waals surface area contributed by atoms with E-state index in [1.807, 2.05) is 35.1 Å². The number of nitrogens with zero attached hydrogens (tertiary/aromatic N) is 1. The maximum Gasteiger partial charge on any atom is 0.330 e. The van der Waals surface area contributed by atoms with Crippen molar-refractivity contribution in [3.05, 3.63) is 89.4 Å². The smallest absolute Gasteiger partial charge is 0.330 e. The van der Waals surface area contributed by atoms with Crippen LogP contribution in [-0.2, 0) is 15.0 Å². The normalized spacial score (nSPS) is 18.6. The minimum Gasteiger partial charge on any atom is -0.497 e. The summed E-state index contributed by atoms with van der Waals surface area (Å²) in [5.74, 6) is -0.0818. The highest BCUT2D eigenvalue weighted by Gasteiger charge is 2.63. The van der Waals surface area contributed by atoms with Crippen LogP contribution < -0.4 is 24.4 Å². The summed E-state index contributed by atoms with van der Waals surface area (Å²) in [5, 5.41) is 2.80. The summed E-state index contributed by atoms with van der Waals surface area (Å²) >= 11 is 6.01. The summed E-state index contributed by atoms with van der Waals surface area (Å²) in [4.78, 5) is 28.0. The molecule has 2 atom stereocenters. The van der Waals surface area contributed by atoms with Crippen LogP contribution in [0.3, 0.4) is 0 Å². The molecule has 4 rings (SSSR count). The maximum atomic E-state index is 13.7. The lowest BCUT2D eigenvalue weighted by molar-refractivity contribution is -0.121. The Morgan fingerprint density at radius 3 is 2.28 bits per heavy atom. The van der Waals surface area contributed by atoms with E-state index in [1.54, 1.807) is 50.6 Å². The molecular weight excluding hydrogens is 504 g/mol. The minimum absolute atomic E-state index is 0.109. The van der Waals surface area contributed by atoms with Crippen molar-refractivity contribution in [3.8, 4) is 5.75 Å². The number of amides is 3. The van der Waals surface area contributed by atoms with Gasteiger partial charge in [-0.15, -0.1) is 0 Å². The first kappa shape index (κ1) is 25.3. The van der Waals surface area contributed by atoms with Gasteiger partial charge in [-0.25, -0.2) is 9.52 Å². The first-order valence-electron chi connectivity index (χ1n) is 11.0. The zero-order valence-corrected chi connectivity index (χ0v) is 21.1. The Labute approximate surface area is 214 Å². The summed E-state index contributed by atoms with van der Waals surface area (Å²) in [5.41, 5.74) is 0.221. The molecule has 11 heteroatoms. The number of halogens is 1. The number of nitrogens with one attached hydrogen (secondary N) is 3. The molecule has 0 aliphatic heterocycles. The predicted octanol–water partition coefficient (Wildman–Crippen LogP) is 3.89. The molecule has 3 aromatic carbocycles. The van der Waals surface area contributed by atoms with Crippen LogP contribution in [0.25, 0.3) is 0 Å². The molecule has 2 unspecified atom stereocenters. The fourth-order valence-corrected chi connectivity index (χ4v) is 5.12. The fraction of sp³-hybridized carbons (Fsp3) is 0.200. The Morgan fingerprint density at radius 1 is 1.00 bits per heavy atom. The van der Waals surface area contributed by atoms with Crippen molar-refractivity contribution in [2.75, 3.05) is 23.8 Å². The van der Waals surface area contributed by atoms with E-state index < -0.39 is 21.8 Å². The summed E-state index contributed by atoms with van der Waals surface area (Å²) in [6.45, 7) is 0. The first-order chi connectivity index (χ1) is 17.1. The molecule has 3 aromatic rings. The van der Waals surface area contributed by atoms with E-state index in [-0.39, 0.29) is 22.5 Å². The predicted molar refractivity (Wildman–Crippen MR) is 139 cm³/mol. The van der Waals surface area contributed by atoms with Gasteiger partial charge in [-0.3, -0.25) is 9.52 Å². The lowest BCUT2D eigenvalue weighted by atomic mass is 10.0. The highest BCUT2D eigenvalue weighted by atomic mass is 35.5. The number of methoxy groups -OCH3 is 1. The van der Waals surface area contributed by atoms with Crippen molar-refractivity contribution >= 4 is 45.1 Å². The number of hydrogen-bond donors (Lipinski definition) is 3. The van der Waals surface area contributed by atoms with Gasteiger partial charge in [0, 0.05) is 18.7 Å². The van der Waals surface area contributed by atoms with Crippen LogP contribution in [0.1, 0.15) is 17.9 Å². The van der Waals surface area contributed by atoms with Crippen LogP contribution in [0.2, 0.25) is 5.02 Å². The summed E-state index contributed by atoms with van der Waals surface area (Å²) < 4.78 is 34.4. The molecule has 0 aromatic heterocycles. The van der Waals surface area contributed by atoms with E-state index in [0.717, 1.165) is 5.56 Å². The van der Waals surface area contributed by atoms with Gasteiger partial charge in [-0.1, -0.05) is 54.1 Å². The Morgan fingerprint density at radius 2 is 1.64 bits per heavy atom. The number of likely N-dealkylation sites (N-methyl/N-ethyl adjacent to an activating group) is 1. The number of carbonyl (C=O) groups is 2. The number of para-hydroxylation sites is 1. The van der Waals surface area contributed by atoms with Crippen LogP contribution in [0.4, 0.5) is 16.2 Å². The van der Waals surface area contributed by atoms with Crippen molar-refractivity contribution < 1.29 is 22.7 Å². The molecule has 1 aliphatic carbocycles. The first-order valence-corrected chi connectivity index (χ1v) is 12.9. The maximum absolute atomic E-state index is 13.7. The molecule has 188 valence electrons. The van der Waals surface area contributed by atoms with Crippen LogP contribution in [0.5, 0.6) is 5.75 Å². The average molecular weight is 529 g/mol. The van der Waals surface area contributed by atoms with Gasteiger partial charge >= 0.3 is 16.2 Å². The fourth-order valence-electron chi connectivity index (χ4n) is 4.07. The SMILES string of the molecule is COc1ccc(N(C)C(=O)C2(NC(=O)NS(=O)(=O)Nc3ccccc3Cl)CC2c2ccccc2)cc1. The van der Waals surface area contributed by atoms with Crippen LogP contribution >= 0.6 is 11.6 Å². The number of ether oxygens (including phenoxy) is 1. The van der Waals surface area contributed by atoms with Crippen molar-refractivity contribution in [3.63, 3.8) is 0 Å². The molecule has 0 bridgehead atoms. The van der Waals surface area contributed by atoms with Crippen LogP contribution in [0.15, 0.2) is 78.9 Å². The molecule has 0 heterocycles. The second-order valence-corrected chi connectivity index (χ2v) is 10.2. The molecule has 0 radical (unpaired) electrons. The molecule has 3 amide bonds. The summed E-state index contributed by atoms with van der Waals surface area (Å²) in [6, 6.07) is 21.3. The van der Waals surface area contributed by atoms with Crippen molar-refractivity contribution in [1.82, 2.24) is 10.0 Å². The Bertz CT molecular complexity index is 1370. The zero-order valence-electron chi connectivity index (χ0n) is 19.6. The second-order valence-electron chi connectivity index (χ2n) is 8.34.